The maximum absolute atomic E-state index is 13.6. The summed E-state index contributed by atoms with van der Waals surface area (Å²) in [5, 5.41) is 4.54. The van der Waals surface area contributed by atoms with Crippen LogP contribution in [0.5, 0.6) is 11.5 Å². The minimum Gasteiger partial charge on any atom is -0.456 e. The van der Waals surface area contributed by atoms with E-state index in [1.807, 2.05) is 0 Å². The van der Waals surface area contributed by atoms with E-state index in [2.05, 4.69) is 14.8 Å². The molecule has 6 rings (SSSR count). The van der Waals surface area contributed by atoms with E-state index < -0.39 is 28.3 Å². The van der Waals surface area contributed by atoms with Gasteiger partial charge in [-0.05, 0) is 36.4 Å². The molecule has 0 saturated carbocycles. The number of nitrogens with one attached hydrogen (secondary N) is 1. The van der Waals surface area contributed by atoms with Crippen molar-refractivity contribution in [3.05, 3.63) is 114 Å². The Balaban J connectivity index is 1.47. The Kier molecular flexibility index (Phi) is 6.65. The standard InChI is InChI=1S/C29H20F3N5O4S/c30-29(31,32)18-36-23-11-5-4-10-20(23)27-21(28(36)38)16-34-37(27)24-14-15-33-17-22(24)35-42(39,40)26-13-7-6-12-25(26)41-19-8-2-1-3-9-19/h1-17,35H,18H2. The number of hydrogen-bond acceptors (Lipinski definition) is 6. The summed E-state index contributed by atoms with van der Waals surface area (Å²) in [6.07, 6.45) is -0.791. The highest BCUT2D eigenvalue weighted by Crippen LogP contribution is 2.33. The molecule has 0 fully saturated rings. The molecule has 1 N–H and O–H groups in total. The topological polar surface area (TPSA) is 108 Å². The number of anilines is 1. The van der Waals surface area contributed by atoms with Gasteiger partial charge in [0.25, 0.3) is 15.6 Å². The Morgan fingerprint density at radius 3 is 2.36 bits per heavy atom. The number of sulfonamides is 1. The predicted molar refractivity (Wildman–Crippen MR) is 150 cm³/mol. The molecule has 3 aromatic carbocycles. The van der Waals surface area contributed by atoms with E-state index in [1.54, 1.807) is 54.6 Å². The fraction of sp³-hybridized carbons (Fsp3) is 0.0690. The summed E-state index contributed by atoms with van der Waals surface area (Å²) in [6.45, 7) is -1.47. The van der Waals surface area contributed by atoms with E-state index in [0.29, 0.717) is 15.7 Å². The number of alkyl halides is 3. The van der Waals surface area contributed by atoms with Crippen LogP contribution in [0.15, 0.2) is 113 Å². The van der Waals surface area contributed by atoms with Crippen molar-refractivity contribution in [3.8, 4) is 17.2 Å². The van der Waals surface area contributed by atoms with E-state index in [-0.39, 0.29) is 38.4 Å². The normalized spacial score (nSPS) is 12.1. The van der Waals surface area contributed by atoms with Gasteiger partial charge in [-0.15, -0.1) is 0 Å². The second kappa shape index (κ2) is 10.3. The van der Waals surface area contributed by atoms with Crippen molar-refractivity contribution in [3.63, 3.8) is 0 Å². The van der Waals surface area contributed by atoms with Gasteiger partial charge in [0.15, 0.2) is 0 Å². The largest absolute Gasteiger partial charge is 0.456 e. The Labute approximate surface area is 236 Å². The van der Waals surface area contributed by atoms with Crippen molar-refractivity contribution in [2.75, 3.05) is 4.72 Å². The third-order valence-corrected chi connectivity index (χ3v) is 7.82. The number of fused-ring (bicyclic) bond motifs is 3. The molecule has 0 spiro atoms. The zero-order chi connectivity index (χ0) is 29.5. The van der Waals surface area contributed by atoms with Crippen molar-refractivity contribution in [2.24, 2.45) is 0 Å². The van der Waals surface area contributed by atoms with Crippen LogP contribution in [0.4, 0.5) is 18.9 Å². The summed E-state index contributed by atoms with van der Waals surface area (Å²) in [4.78, 5) is 17.1. The van der Waals surface area contributed by atoms with Gasteiger partial charge in [0.05, 0.1) is 40.2 Å². The molecule has 3 aromatic heterocycles. The van der Waals surface area contributed by atoms with Gasteiger partial charge in [-0.3, -0.25) is 19.1 Å². The van der Waals surface area contributed by atoms with E-state index in [9.17, 15) is 26.4 Å². The number of pyridine rings is 2. The molecule has 6 aromatic rings. The number of hydrogen-bond donors (Lipinski definition) is 1. The van der Waals surface area contributed by atoms with Gasteiger partial charge in [-0.1, -0.05) is 48.5 Å². The number of benzene rings is 3. The second-order valence-electron chi connectivity index (χ2n) is 9.20. The highest BCUT2D eigenvalue weighted by Gasteiger charge is 2.30. The number of halogens is 3. The van der Waals surface area contributed by atoms with Crippen LogP contribution in [0.2, 0.25) is 0 Å². The Bertz CT molecular complexity index is 2110. The highest BCUT2D eigenvalue weighted by molar-refractivity contribution is 7.92. The molecule has 0 radical (unpaired) electrons. The molecule has 0 unspecified atom stereocenters. The quantitative estimate of drug-likeness (QED) is 0.248. The van der Waals surface area contributed by atoms with Crippen LogP contribution in [0, 0.1) is 0 Å². The van der Waals surface area contributed by atoms with Gasteiger partial charge in [-0.2, -0.15) is 18.3 Å². The van der Waals surface area contributed by atoms with Crippen LogP contribution in [0.1, 0.15) is 0 Å². The third kappa shape index (κ3) is 5.05. The molecule has 13 heteroatoms. The van der Waals surface area contributed by atoms with E-state index in [4.69, 9.17) is 4.74 Å². The lowest BCUT2D eigenvalue weighted by Crippen LogP contribution is -2.28. The summed E-state index contributed by atoms with van der Waals surface area (Å²) in [7, 11) is -4.26. The van der Waals surface area contributed by atoms with Gasteiger partial charge in [-0.25, -0.2) is 13.1 Å². The van der Waals surface area contributed by atoms with Crippen LogP contribution < -0.4 is 15.0 Å². The summed E-state index contributed by atoms with van der Waals surface area (Å²) in [5.41, 5.74) is -0.398. The zero-order valence-electron chi connectivity index (χ0n) is 21.5. The molecule has 0 aliphatic heterocycles. The van der Waals surface area contributed by atoms with Crippen LogP contribution >= 0.6 is 0 Å². The highest BCUT2D eigenvalue weighted by atomic mass is 32.2. The van der Waals surface area contributed by atoms with E-state index >= 15 is 0 Å². The zero-order valence-corrected chi connectivity index (χ0v) is 22.3. The molecule has 0 atom stereocenters. The first-order chi connectivity index (χ1) is 20.1. The van der Waals surface area contributed by atoms with E-state index in [0.717, 1.165) is 0 Å². The van der Waals surface area contributed by atoms with Crippen LogP contribution in [-0.4, -0.2) is 33.9 Å². The first-order valence-corrected chi connectivity index (χ1v) is 14.0. The maximum Gasteiger partial charge on any atom is 0.406 e. The lowest BCUT2D eigenvalue weighted by Gasteiger charge is -2.16. The molecule has 0 bridgehead atoms. The van der Waals surface area contributed by atoms with Crippen molar-refractivity contribution in [2.45, 2.75) is 17.6 Å². The number of ether oxygens (including phenoxy) is 1. The van der Waals surface area contributed by atoms with Gasteiger partial charge in [0.2, 0.25) is 0 Å². The number of aromatic nitrogens is 4. The molecular formula is C29H20F3N5O4S. The lowest BCUT2D eigenvalue weighted by atomic mass is 10.1. The molecule has 42 heavy (non-hydrogen) atoms. The Morgan fingerprint density at radius 2 is 1.57 bits per heavy atom. The first kappa shape index (κ1) is 27.0. The third-order valence-electron chi connectivity index (χ3n) is 6.41. The lowest BCUT2D eigenvalue weighted by molar-refractivity contribution is -0.140. The fourth-order valence-electron chi connectivity index (χ4n) is 4.67. The molecule has 0 aliphatic rings. The van der Waals surface area contributed by atoms with E-state index in [1.165, 1.54) is 53.6 Å². The van der Waals surface area contributed by atoms with Gasteiger partial charge in [0.1, 0.15) is 22.9 Å². The molecule has 212 valence electrons. The van der Waals surface area contributed by atoms with Gasteiger partial charge < -0.3 is 4.74 Å². The SMILES string of the molecule is O=c1c2cnn(-c3ccncc3NS(=O)(=O)c3ccccc3Oc3ccccc3)c2c2ccccc2n1CC(F)(F)F. The summed E-state index contributed by atoms with van der Waals surface area (Å²) in [6, 6.07) is 22.4. The molecule has 0 aliphatic carbocycles. The number of rotatable bonds is 7. The maximum atomic E-state index is 13.6. The fourth-order valence-corrected chi connectivity index (χ4v) is 5.86. The molecule has 3 heterocycles. The van der Waals surface area contributed by atoms with Crippen molar-refractivity contribution in [1.82, 2.24) is 19.3 Å². The van der Waals surface area contributed by atoms with Gasteiger partial charge in [0, 0.05) is 11.6 Å². The molecule has 0 amide bonds. The number of para-hydroxylation sites is 3. The Morgan fingerprint density at radius 1 is 0.857 bits per heavy atom. The molecule has 9 nitrogen and oxygen atoms in total. The number of nitrogens with zero attached hydrogens (tertiary/aromatic N) is 4. The average molecular weight is 592 g/mol. The monoisotopic (exact) mass is 591 g/mol. The predicted octanol–water partition coefficient (Wildman–Crippen LogP) is 5.89. The van der Waals surface area contributed by atoms with Crippen molar-refractivity contribution < 1.29 is 26.3 Å². The van der Waals surface area contributed by atoms with Crippen molar-refractivity contribution in [1.29, 1.82) is 0 Å². The molecule has 0 saturated heterocycles. The smallest absolute Gasteiger partial charge is 0.406 e. The minimum atomic E-state index is -4.63. The minimum absolute atomic E-state index is 0.0144. The summed E-state index contributed by atoms with van der Waals surface area (Å²) < 4.78 is 77.7. The summed E-state index contributed by atoms with van der Waals surface area (Å²) in [5.74, 6) is 0.524. The van der Waals surface area contributed by atoms with Crippen LogP contribution in [0.3, 0.4) is 0 Å². The Hall–Kier alpha value is -5.17. The first-order valence-electron chi connectivity index (χ1n) is 12.5. The van der Waals surface area contributed by atoms with Crippen molar-refractivity contribution >= 4 is 37.5 Å². The van der Waals surface area contributed by atoms with Crippen LogP contribution in [-0.2, 0) is 16.6 Å². The van der Waals surface area contributed by atoms with Gasteiger partial charge >= 0.3 is 6.18 Å². The summed E-state index contributed by atoms with van der Waals surface area (Å²) >= 11 is 0. The van der Waals surface area contributed by atoms with Crippen LogP contribution in [0.25, 0.3) is 27.5 Å². The molecular weight excluding hydrogens is 571 g/mol. The average Bonchev–Trinajstić information content (AvgIpc) is 3.41. The second-order valence-corrected chi connectivity index (χ2v) is 10.9.